The SMILES string of the molecule is C/C1=C2\CCC(=N2)/C(C)=c2/cc/c([nH]2)=C(\C)C2=C/C(=C(/C)C3=CCC1N3)N=C2. The second kappa shape index (κ2) is 6.33. The molecule has 142 valence electrons. The molecule has 4 aliphatic rings. The van der Waals surface area contributed by atoms with Crippen molar-refractivity contribution in [2.75, 3.05) is 0 Å². The van der Waals surface area contributed by atoms with E-state index in [0.29, 0.717) is 6.04 Å². The molecule has 4 heteroatoms. The van der Waals surface area contributed by atoms with E-state index < -0.39 is 0 Å². The maximum absolute atomic E-state index is 5.03. The van der Waals surface area contributed by atoms with Crippen LogP contribution in [0.4, 0.5) is 0 Å². The van der Waals surface area contributed by atoms with E-state index in [2.05, 4.69) is 62.3 Å². The third kappa shape index (κ3) is 2.67. The predicted molar refractivity (Wildman–Crippen MR) is 116 cm³/mol. The minimum absolute atomic E-state index is 0.330. The van der Waals surface area contributed by atoms with Gasteiger partial charge in [-0.25, -0.2) is 0 Å². The molecule has 5 rings (SSSR count). The second-order valence-corrected chi connectivity index (χ2v) is 8.14. The van der Waals surface area contributed by atoms with Crippen LogP contribution in [0, 0.1) is 0 Å². The average Bonchev–Trinajstić information content (AvgIpc) is 3.49. The Bertz CT molecular complexity index is 1190. The van der Waals surface area contributed by atoms with Crippen molar-refractivity contribution >= 4 is 23.1 Å². The Labute approximate surface area is 165 Å². The molecule has 28 heavy (non-hydrogen) atoms. The van der Waals surface area contributed by atoms with Crippen LogP contribution in [0.2, 0.25) is 0 Å². The van der Waals surface area contributed by atoms with Crippen molar-refractivity contribution in [3.63, 3.8) is 0 Å². The van der Waals surface area contributed by atoms with Crippen molar-refractivity contribution in [3.8, 4) is 0 Å². The third-order valence-electron chi connectivity index (χ3n) is 6.52. The van der Waals surface area contributed by atoms with Gasteiger partial charge in [0.05, 0.1) is 11.7 Å². The lowest BCUT2D eigenvalue weighted by Crippen LogP contribution is -2.25. The summed E-state index contributed by atoms with van der Waals surface area (Å²) in [4.78, 5) is 13.3. The molecule has 0 spiro atoms. The van der Waals surface area contributed by atoms with Gasteiger partial charge in [0.15, 0.2) is 0 Å². The van der Waals surface area contributed by atoms with E-state index in [1.54, 1.807) is 0 Å². The number of hydrogen-bond donors (Lipinski definition) is 2. The van der Waals surface area contributed by atoms with Gasteiger partial charge in [-0.2, -0.15) is 0 Å². The first-order chi connectivity index (χ1) is 13.5. The second-order valence-electron chi connectivity index (χ2n) is 8.14. The highest BCUT2D eigenvalue weighted by atomic mass is 15.0. The first-order valence-electron chi connectivity index (χ1n) is 10.1. The molecule has 2 N–H and O–H groups in total. The zero-order valence-electron chi connectivity index (χ0n) is 17.0. The Hall–Kier alpha value is -2.88. The Balaban J connectivity index is 1.75. The summed E-state index contributed by atoms with van der Waals surface area (Å²) in [7, 11) is 0. The number of aliphatic imine (C=N–C) groups is 2. The molecule has 1 atom stereocenters. The molecule has 0 aromatic carbocycles. The average molecular weight is 371 g/mol. The van der Waals surface area contributed by atoms with Crippen molar-refractivity contribution in [2.24, 2.45) is 9.98 Å². The van der Waals surface area contributed by atoms with Crippen LogP contribution in [0.25, 0.3) is 11.1 Å². The van der Waals surface area contributed by atoms with Gasteiger partial charge >= 0.3 is 0 Å². The minimum atomic E-state index is 0.330. The first-order valence-corrected chi connectivity index (χ1v) is 10.1. The molecule has 4 nitrogen and oxygen atoms in total. The van der Waals surface area contributed by atoms with E-state index in [-0.39, 0.29) is 0 Å². The summed E-state index contributed by atoms with van der Waals surface area (Å²) in [6.45, 7) is 8.73. The number of aromatic amines is 1. The predicted octanol–water partition coefficient (Wildman–Crippen LogP) is 3.41. The molecule has 1 aromatic heterocycles. The maximum atomic E-state index is 5.03. The quantitative estimate of drug-likeness (QED) is 0.722. The fourth-order valence-corrected chi connectivity index (χ4v) is 4.41. The van der Waals surface area contributed by atoms with Crippen LogP contribution in [0.3, 0.4) is 0 Å². The number of fused-ring (bicyclic) bond motifs is 6. The van der Waals surface area contributed by atoms with Gasteiger partial charge in [-0.1, -0.05) is 6.08 Å². The summed E-state index contributed by atoms with van der Waals surface area (Å²) >= 11 is 0. The smallest absolute Gasteiger partial charge is 0.0686 e. The summed E-state index contributed by atoms with van der Waals surface area (Å²) in [6, 6.07) is 4.67. The standard InChI is InChI=1S/C24H26N4/c1-13-17-11-24(25-12-17)16(4)23-10-9-22(28-23)15(3)21-8-7-20(27-21)14(2)19-6-5-18(13)26-19/h5-6,10-12,22,26,28H,7-9H2,1-4H3/b18-13-,19-14-,21-15-,24-16+. The fraction of sp³-hybridized carbons (Fsp3) is 0.333. The lowest BCUT2D eigenvalue weighted by molar-refractivity contribution is 0.686. The van der Waals surface area contributed by atoms with Gasteiger partial charge in [0.1, 0.15) is 0 Å². The molecule has 4 aliphatic heterocycles. The molecule has 0 amide bonds. The highest BCUT2D eigenvalue weighted by molar-refractivity contribution is 6.18. The van der Waals surface area contributed by atoms with E-state index in [0.717, 1.165) is 35.7 Å². The highest BCUT2D eigenvalue weighted by Gasteiger charge is 2.25. The van der Waals surface area contributed by atoms with E-state index in [4.69, 9.17) is 9.98 Å². The summed E-state index contributed by atoms with van der Waals surface area (Å²) in [6.07, 6.45) is 9.54. The Morgan fingerprint density at radius 2 is 1.75 bits per heavy atom. The van der Waals surface area contributed by atoms with Crippen LogP contribution in [0.1, 0.15) is 47.0 Å². The van der Waals surface area contributed by atoms with Crippen LogP contribution in [0.15, 0.2) is 68.1 Å². The Kier molecular flexibility index (Phi) is 3.90. The van der Waals surface area contributed by atoms with Crippen molar-refractivity contribution in [1.29, 1.82) is 0 Å². The Morgan fingerprint density at radius 1 is 0.964 bits per heavy atom. The number of H-pyrrole nitrogens is 1. The molecule has 0 saturated heterocycles. The lowest BCUT2D eigenvalue weighted by atomic mass is 10.0. The van der Waals surface area contributed by atoms with E-state index in [1.165, 1.54) is 45.0 Å². The number of nitrogens with one attached hydrogen (secondary N) is 2. The highest BCUT2D eigenvalue weighted by Crippen LogP contribution is 2.31. The Morgan fingerprint density at radius 3 is 2.57 bits per heavy atom. The van der Waals surface area contributed by atoms with Gasteiger partial charge in [0.2, 0.25) is 0 Å². The summed E-state index contributed by atoms with van der Waals surface area (Å²) in [5.74, 6) is 0. The third-order valence-corrected chi connectivity index (χ3v) is 6.52. The zero-order chi connectivity index (χ0) is 19.4. The first kappa shape index (κ1) is 17.2. The van der Waals surface area contributed by atoms with E-state index in [9.17, 15) is 0 Å². The molecule has 1 aromatic rings. The molecule has 8 bridgehead atoms. The van der Waals surface area contributed by atoms with Gasteiger partial charge < -0.3 is 10.3 Å². The molecule has 0 radical (unpaired) electrons. The molecular weight excluding hydrogens is 344 g/mol. The van der Waals surface area contributed by atoms with E-state index in [1.807, 2.05) is 6.21 Å². The normalized spacial score (nSPS) is 33.0. The van der Waals surface area contributed by atoms with Gasteiger partial charge in [0, 0.05) is 34.0 Å². The van der Waals surface area contributed by atoms with Crippen molar-refractivity contribution in [2.45, 2.75) is 53.0 Å². The number of nitrogens with zero attached hydrogens (tertiary/aromatic N) is 2. The van der Waals surface area contributed by atoms with Gasteiger partial charge in [0.25, 0.3) is 0 Å². The molecule has 0 fully saturated rings. The van der Waals surface area contributed by atoms with Gasteiger partial charge in [-0.05, 0) is 93.0 Å². The summed E-state index contributed by atoms with van der Waals surface area (Å²) in [5.41, 5.74) is 10.9. The topological polar surface area (TPSA) is 52.5 Å². The van der Waals surface area contributed by atoms with E-state index >= 15 is 0 Å². The molecule has 0 saturated carbocycles. The van der Waals surface area contributed by atoms with Crippen LogP contribution in [0.5, 0.6) is 0 Å². The van der Waals surface area contributed by atoms with Crippen molar-refractivity contribution < 1.29 is 0 Å². The summed E-state index contributed by atoms with van der Waals surface area (Å²) in [5, 5.41) is 6.01. The number of hydrogen-bond acceptors (Lipinski definition) is 3. The molecular formula is C24H26N4. The lowest BCUT2D eigenvalue weighted by Gasteiger charge is -2.17. The number of aromatic nitrogens is 1. The zero-order valence-corrected chi connectivity index (χ0v) is 17.0. The molecule has 1 unspecified atom stereocenters. The maximum Gasteiger partial charge on any atom is 0.0686 e. The van der Waals surface area contributed by atoms with Gasteiger partial charge in [-0.3, -0.25) is 9.98 Å². The van der Waals surface area contributed by atoms with Crippen LogP contribution in [-0.4, -0.2) is 23.0 Å². The van der Waals surface area contributed by atoms with Crippen LogP contribution >= 0.6 is 0 Å². The van der Waals surface area contributed by atoms with Crippen LogP contribution < -0.4 is 16.0 Å². The number of allylic oxidation sites excluding steroid dienone is 4. The summed E-state index contributed by atoms with van der Waals surface area (Å²) < 4.78 is 0. The molecule has 5 heterocycles. The fourth-order valence-electron chi connectivity index (χ4n) is 4.41. The van der Waals surface area contributed by atoms with Crippen molar-refractivity contribution in [1.82, 2.24) is 10.3 Å². The van der Waals surface area contributed by atoms with Crippen LogP contribution in [-0.2, 0) is 0 Å². The number of rotatable bonds is 0. The van der Waals surface area contributed by atoms with Crippen molar-refractivity contribution in [3.05, 3.63) is 68.8 Å². The molecule has 0 aliphatic carbocycles. The van der Waals surface area contributed by atoms with Gasteiger partial charge in [-0.15, -0.1) is 0 Å². The minimum Gasteiger partial charge on any atom is -0.378 e. The largest absolute Gasteiger partial charge is 0.378 e. The monoisotopic (exact) mass is 370 g/mol.